The summed E-state index contributed by atoms with van der Waals surface area (Å²) in [5.41, 5.74) is 0.605. The van der Waals surface area contributed by atoms with Crippen LogP contribution in [0.15, 0.2) is 21.3 Å². The first-order chi connectivity index (χ1) is 8.51. The zero-order chi connectivity index (χ0) is 13.3. The predicted octanol–water partition coefficient (Wildman–Crippen LogP) is 2.24. The van der Waals surface area contributed by atoms with E-state index in [0.717, 1.165) is 0 Å². The normalized spacial score (nSPS) is 11.1. The first-order valence-electron chi connectivity index (χ1n) is 5.84. The van der Waals surface area contributed by atoms with E-state index < -0.39 is 5.63 Å². The number of aryl methyl sites for hydroxylation is 1. The summed E-state index contributed by atoms with van der Waals surface area (Å²) in [5.74, 6) is 0.0768. The minimum atomic E-state index is -0.493. The highest BCUT2D eigenvalue weighted by Crippen LogP contribution is 2.23. The fraction of sp³-hybridized carbons (Fsp3) is 0.385. The van der Waals surface area contributed by atoms with Crippen LogP contribution >= 0.6 is 0 Å². The van der Waals surface area contributed by atoms with Crippen molar-refractivity contribution in [3.05, 3.63) is 28.1 Å². The van der Waals surface area contributed by atoms with E-state index in [1.807, 2.05) is 20.8 Å². The molecule has 1 N–H and O–H groups in total. The molecule has 0 amide bonds. The number of rotatable bonds is 3. The van der Waals surface area contributed by atoms with Crippen molar-refractivity contribution in [2.45, 2.75) is 33.3 Å². The lowest BCUT2D eigenvalue weighted by Crippen LogP contribution is -2.11. The van der Waals surface area contributed by atoms with E-state index in [1.54, 1.807) is 6.07 Å². The summed E-state index contributed by atoms with van der Waals surface area (Å²) < 4.78 is 10.3. The molecule has 0 spiro atoms. The van der Waals surface area contributed by atoms with Crippen LogP contribution in [0, 0.1) is 0 Å². The molecule has 0 saturated carbocycles. The number of benzene rings is 1. The lowest BCUT2D eigenvalue weighted by atomic mass is 10.1. The van der Waals surface area contributed by atoms with Gasteiger partial charge in [-0.15, -0.1) is 0 Å². The maximum absolute atomic E-state index is 11.9. The Hall–Kier alpha value is -2.04. The molecule has 96 valence electrons. The summed E-state index contributed by atoms with van der Waals surface area (Å²) in [6.45, 7) is 5.52. The average molecular weight is 249 g/mol. The van der Waals surface area contributed by atoms with Crippen LogP contribution in [-0.2, 0) is 6.42 Å². The van der Waals surface area contributed by atoms with Crippen molar-refractivity contribution in [3.63, 3.8) is 0 Å². The van der Waals surface area contributed by atoms with Crippen LogP contribution in [0.5, 0.6) is 11.8 Å². The highest BCUT2D eigenvalue weighted by atomic mass is 16.6. The molecule has 2 aromatic rings. The summed E-state index contributed by atoms with van der Waals surface area (Å²) >= 11 is 0. The number of ether oxygens (including phenoxy) is 1. The summed E-state index contributed by atoms with van der Waals surface area (Å²) in [7, 11) is 0. The third-order valence-corrected chi connectivity index (χ3v) is 2.50. The number of fused-ring (bicyclic) bond motifs is 1. The molecule has 5 nitrogen and oxygen atoms in total. The van der Waals surface area contributed by atoms with Crippen LogP contribution in [0.25, 0.3) is 10.9 Å². The molecule has 0 aliphatic carbocycles. The van der Waals surface area contributed by atoms with E-state index in [4.69, 9.17) is 9.15 Å². The number of hydrogen-bond acceptors (Lipinski definition) is 5. The number of hydrogen-bond donors (Lipinski definition) is 1. The average Bonchev–Trinajstić information content (AvgIpc) is 2.25. The second-order valence-electron chi connectivity index (χ2n) is 4.29. The monoisotopic (exact) mass is 249 g/mol. The van der Waals surface area contributed by atoms with Crippen molar-refractivity contribution in [1.29, 1.82) is 0 Å². The molecule has 0 saturated heterocycles. The van der Waals surface area contributed by atoms with Gasteiger partial charge in [-0.25, -0.2) is 4.79 Å². The van der Waals surface area contributed by atoms with Gasteiger partial charge < -0.3 is 14.3 Å². The van der Waals surface area contributed by atoms with Crippen molar-refractivity contribution in [2.24, 2.45) is 0 Å². The van der Waals surface area contributed by atoms with Gasteiger partial charge in [0.15, 0.2) is 0 Å². The van der Waals surface area contributed by atoms with Gasteiger partial charge in [0.25, 0.3) is 0 Å². The van der Waals surface area contributed by atoms with Gasteiger partial charge >= 0.3 is 11.7 Å². The summed E-state index contributed by atoms with van der Waals surface area (Å²) in [6.07, 6.45) is 0.401. The van der Waals surface area contributed by atoms with Crippen LogP contribution in [0.3, 0.4) is 0 Å². The molecule has 18 heavy (non-hydrogen) atoms. The molecule has 1 heterocycles. The molecule has 1 aromatic carbocycles. The topological polar surface area (TPSA) is 72.6 Å². The smallest absolute Gasteiger partial charge is 0.397 e. The first kappa shape index (κ1) is 12.4. The maximum Gasteiger partial charge on any atom is 0.397 e. The maximum atomic E-state index is 11.9. The molecule has 5 heteroatoms. The Balaban J connectivity index is 2.69. The number of phenolic OH excluding ortho intramolecular Hbond substituents is 1. The molecular weight excluding hydrogens is 234 g/mol. The minimum absolute atomic E-state index is 0.0739. The van der Waals surface area contributed by atoms with Crippen molar-refractivity contribution in [2.75, 3.05) is 0 Å². The van der Waals surface area contributed by atoms with Crippen LogP contribution in [0.1, 0.15) is 26.3 Å². The zero-order valence-corrected chi connectivity index (χ0v) is 10.6. The molecule has 0 aliphatic rings. The SMILES string of the molecule is CCc1cc(O)cc2nc(OC(C)C)oc(=O)c12. The Morgan fingerprint density at radius 1 is 1.44 bits per heavy atom. The number of phenols is 1. The molecule has 0 radical (unpaired) electrons. The van der Waals surface area contributed by atoms with Crippen molar-refractivity contribution < 1.29 is 14.3 Å². The highest BCUT2D eigenvalue weighted by Gasteiger charge is 2.13. The second kappa shape index (κ2) is 4.68. The van der Waals surface area contributed by atoms with Crippen LogP contribution in [0.4, 0.5) is 0 Å². The Morgan fingerprint density at radius 3 is 2.78 bits per heavy atom. The van der Waals surface area contributed by atoms with Crippen molar-refractivity contribution in [1.82, 2.24) is 4.98 Å². The van der Waals surface area contributed by atoms with E-state index in [1.165, 1.54) is 6.07 Å². The van der Waals surface area contributed by atoms with Gasteiger partial charge in [0.05, 0.1) is 17.0 Å². The standard InChI is InChI=1S/C13H15NO4/c1-4-8-5-9(15)6-10-11(8)12(16)18-13(14-10)17-7(2)3/h5-7,15H,4H2,1-3H3. The number of nitrogens with zero attached hydrogens (tertiary/aromatic N) is 1. The summed E-state index contributed by atoms with van der Waals surface area (Å²) in [6, 6.07) is 2.97. The molecule has 0 atom stereocenters. The Kier molecular flexibility index (Phi) is 3.23. The fourth-order valence-electron chi connectivity index (χ4n) is 1.78. The third-order valence-electron chi connectivity index (χ3n) is 2.50. The van der Waals surface area contributed by atoms with Gasteiger partial charge in [0, 0.05) is 6.07 Å². The second-order valence-corrected chi connectivity index (χ2v) is 4.29. The van der Waals surface area contributed by atoms with Gasteiger partial charge in [0.1, 0.15) is 5.75 Å². The highest BCUT2D eigenvalue weighted by molar-refractivity contribution is 5.82. The van der Waals surface area contributed by atoms with Gasteiger partial charge in [-0.2, -0.15) is 4.98 Å². The van der Waals surface area contributed by atoms with Gasteiger partial charge in [-0.3, -0.25) is 0 Å². The fourth-order valence-corrected chi connectivity index (χ4v) is 1.78. The van der Waals surface area contributed by atoms with Crippen LogP contribution < -0.4 is 10.4 Å². The summed E-state index contributed by atoms with van der Waals surface area (Å²) in [4.78, 5) is 16.0. The minimum Gasteiger partial charge on any atom is -0.508 e. The van der Waals surface area contributed by atoms with E-state index in [-0.39, 0.29) is 17.9 Å². The van der Waals surface area contributed by atoms with Crippen LogP contribution in [0.2, 0.25) is 0 Å². The molecule has 0 unspecified atom stereocenters. The zero-order valence-electron chi connectivity index (χ0n) is 10.6. The molecule has 0 aliphatic heterocycles. The van der Waals surface area contributed by atoms with Gasteiger partial charge in [-0.05, 0) is 31.9 Å². The largest absolute Gasteiger partial charge is 0.508 e. The van der Waals surface area contributed by atoms with Crippen molar-refractivity contribution >= 4 is 10.9 Å². The van der Waals surface area contributed by atoms with E-state index in [0.29, 0.717) is 22.9 Å². The third kappa shape index (κ3) is 2.30. The van der Waals surface area contributed by atoms with Gasteiger partial charge in [-0.1, -0.05) is 6.92 Å². The summed E-state index contributed by atoms with van der Waals surface area (Å²) in [5, 5.41) is 9.99. The molecule has 0 bridgehead atoms. The van der Waals surface area contributed by atoms with E-state index >= 15 is 0 Å². The van der Waals surface area contributed by atoms with E-state index in [9.17, 15) is 9.90 Å². The molecule has 1 aromatic heterocycles. The Bertz CT molecular complexity index is 631. The number of aromatic nitrogens is 1. The molecule has 2 rings (SSSR count). The van der Waals surface area contributed by atoms with E-state index in [2.05, 4.69) is 4.98 Å². The predicted molar refractivity (Wildman–Crippen MR) is 67.1 cm³/mol. The number of aromatic hydroxyl groups is 1. The lowest BCUT2D eigenvalue weighted by Gasteiger charge is -2.08. The van der Waals surface area contributed by atoms with Gasteiger partial charge in [0.2, 0.25) is 0 Å². The lowest BCUT2D eigenvalue weighted by molar-refractivity contribution is 0.166. The van der Waals surface area contributed by atoms with Crippen LogP contribution in [-0.4, -0.2) is 16.2 Å². The Labute approximate surface area is 104 Å². The molecule has 0 fully saturated rings. The quantitative estimate of drug-likeness (QED) is 0.903. The first-order valence-corrected chi connectivity index (χ1v) is 5.84. The van der Waals surface area contributed by atoms with Crippen molar-refractivity contribution in [3.8, 4) is 11.8 Å². The Morgan fingerprint density at radius 2 is 2.17 bits per heavy atom. The molecular formula is C13H15NO4.